The van der Waals surface area contributed by atoms with Gasteiger partial charge in [0.25, 0.3) is 0 Å². The maximum absolute atomic E-state index is 12.5. The topological polar surface area (TPSA) is 76.8 Å². The molecule has 0 atom stereocenters. The molecule has 6 heteroatoms. The van der Waals surface area contributed by atoms with Crippen molar-refractivity contribution < 1.29 is 14.6 Å². The molecule has 0 saturated carbocycles. The molecule has 0 aromatic heterocycles. The molecule has 1 saturated heterocycles. The van der Waals surface area contributed by atoms with Gasteiger partial charge < -0.3 is 14.7 Å². The number of carbonyl (C=O) groups is 1. The van der Waals surface area contributed by atoms with Crippen molar-refractivity contribution in [1.82, 2.24) is 9.80 Å². The highest BCUT2D eigenvalue weighted by Crippen LogP contribution is 2.44. The molecule has 26 heavy (non-hydrogen) atoms. The van der Waals surface area contributed by atoms with Crippen molar-refractivity contribution in [3.8, 4) is 11.8 Å². The summed E-state index contributed by atoms with van der Waals surface area (Å²) in [7, 11) is 1.93. The third-order valence-corrected chi connectivity index (χ3v) is 4.99. The van der Waals surface area contributed by atoms with Gasteiger partial charge in [-0.1, -0.05) is 0 Å². The molecule has 1 fully saturated rings. The van der Waals surface area contributed by atoms with Crippen LogP contribution in [-0.2, 0) is 4.79 Å². The molecule has 2 aliphatic rings. The van der Waals surface area contributed by atoms with Crippen molar-refractivity contribution >= 4 is 11.6 Å². The van der Waals surface area contributed by atoms with Gasteiger partial charge in [0, 0.05) is 37.2 Å². The van der Waals surface area contributed by atoms with Crippen molar-refractivity contribution in [3.63, 3.8) is 0 Å². The number of rotatable bonds is 5. The Bertz CT molecular complexity index is 792. The molecule has 0 unspecified atom stereocenters. The third-order valence-electron chi connectivity index (χ3n) is 4.99. The van der Waals surface area contributed by atoms with Crippen LogP contribution in [0.3, 0.4) is 0 Å². The minimum Gasteiger partial charge on any atom is -0.483 e. The Balaban J connectivity index is 2.19. The third kappa shape index (κ3) is 3.33. The Morgan fingerprint density at radius 2 is 2.19 bits per heavy atom. The van der Waals surface area contributed by atoms with Crippen LogP contribution in [0.15, 0.2) is 23.8 Å². The van der Waals surface area contributed by atoms with Gasteiger partial charge in [-0.2, -0.15) is 5.26 Å². The number of aliphatic hydroxyl groups is 1. The monoisotopic (exact) mass is 355 g/mol. The predicted molar refractivity (Wildman–Crippen MR) is 98.3 cm³/mol. The van der Waals surface area contributed by atoms with E-state index in [1.165, 1.54) is 0 Å². The Morgan fingerprint density at radius 3 is 2.81 bits per heavy atom. The van der Waals surface area contributed by atoms with Crippen molar-refractivity contribution in [2.45, 2.75) is 32.3 Å². The molecule has 2 heterocycles. The Morgan fingerprint density at radius 1 is 1.42 bits per heavy atom. The number of fused-ring (bicyclic) bond motifs is 1. The van der Waals surface area contributed by atoms with Crippen LogP contribution in [0, 0.1) is 11.3 Å². The Hall–Kier alpha value is -2.36. The van der Waals surface area contributed by atoms with Crippen LogP contribution in [0.2, 0.25) is 0 Å². The summed E-state index contributed by atoms with van der Waals surface area (Å²) in [6, 6.07) is 7.52. The molecule has 1 N–H and O–H groups in total. The number of benzene rings is 1. The molecule has 2 aliphatic heterocycles. The second-order valence-electron chi connectivity index (χ2n) is 7.37. The fourth-order valence-electron chi connectivity index (χ4n) is 3.64. The quantitative estimate of drug-likeness (QED) is 0.874. The fraction of sp³-hybridized carbons (Fsp3) is 0.500. The van der Waals surface area contributed by atoms with E-state index < -0.39 is 5.60 Å². The first-order valence-corrected chi connectivity index (χ1v) is 8.94. The van der Waals surface area contributed by atoms with E-state index in [0.717, 1.165) is 23.3 Å². The second kappa shape index (κ2) is 7.10. The predicted octanol–water partition coefficient (Wildman–Crippen LogP) is 1.99. The zero-order valence-corrected chi connectivity index (χ0v) is 15.6. The van der Waals surface area contributed by atoms with Gasteiger partial charge in [-0.05, 0) is 45.5 Å². The highest BCUT2D eigenvalue weighted by atomic mass is 16.5. The lowest BCUT2D eigenvalue weighted by molar-refractivity contribution is -0.125. The number of hydrogen-bond donors (Lipinski definition) is 1. The summed E-state index contributed by atoms with van der Waals surface area (Å²) < 4.78 is 6.24. The number of ether oxygens (including phenoxy) is 1. The van der Waals surface area contributed by atoms with E-state index in [1.807, 2.05) is 36.8 Å². The Labute approximate surface area is 154 Å². The molecule has 0 bridgehead atoms. The molecule has 1 aromatic rings. The highest BCUT2D eigenvalue weighted by Gasteiger charge is 2.40. The molecule has 138 valence electrons. The lowest BCUT2D eigenvalue weighted by Gasteiger charge is -2.40. The zero-order valence-electron chi connectivity index (χ0n) is 15.6. The van der Waals surface area contributed by atoms with E-state index in [0.29, 0.717) is 37.4 Å². The maximum atomic E-state index is 12.5. The van der Waals surface area contributed by atoms with Crippen molar-refractivity contribution in [2.24, 2.45) is 0 Å². The number of likely N-dealkylation sites (tertiary alicyclic amines) is 1. The van der Waals surface area contributed by atoms with Crippen LogP contribution in [0.4, 0.5) is 0 Å². The van der Waals surface area contributed by atoms with Gasteiger partial charge >= 0.3 is 0 Å². The summed E-state index contributed by atoms with van der Waals surface area (Å²) in [5.41, 5.74) is 2.60. The molecule has 3 rings (SSSR count). The zero-order chi connectivity index (χ0) is 18.9. The molecule has 0 radical (unpaired) electrons. The minimum absolute atomic E-state index is 0.0677. The van der Waals surface area contributed by atoms with Crippen LogP contribution < -0.4 is 4.74 Å². The summed E-state index contributed by atoms with van der Waals surface area (Å²) >= 11 is 0. The number of carbonyl (C=O) groups excluding carboxylic acids is 1. The molecule has 1 amide bonds. The molecule has 0 spiro atoms. The summed E-state index contributed by atoms with van der Waals surface area (Å²) in [4.78, 5) is 16.4. The lowest BCUT2D eigenvalue weighted by atomic mass is 9.88. The van der Waals surface area contributed by atoms with Gasteiger partial charge in [0.05, 0.1) is 23.9 Å². The number of amides is 1. The maximum Gasteiger partial charge on any atom is 0.227 e. The summed E-state index contributed by atoms with van der Waals surface area (Å²) in [5, 5.41) is 18.6. The van der Waals surface area contributed by atoms with Crippen LogP contribution in [0.1, 0.15) is 37.8 Å². The van der Waals surface area contributed by atoms with E-state index in [2.05, 4.69) is 6.07 Å². The lowest BCUT2D eigenvalue weighted by Crippen LogP contribution is -2.43. The number of nitrogens with zero attached hydrogens (tertiary/aromatic N) is 3. The van der Waals surface area contributed by atoms with Gasteiger partial charge in [0.15, 0.2) is 0 Å². The standard InChI is InChI=1S/C20H25N3O3/c1-20(2)16(13-22(3)9-10-24)19(23-8-4-5-18(23)25)15-11-14(12-21)6-7-17(15)26-20/h6-7,11,24H,4-5,8-10,13H2,1-3H3. The van der Waals surface area contributed by atoms with Gasteiger partial charge in [0.1, 0.15) is 11.4 Å². The second-order valence-corrected chi connectivity index (χ2v) is 7.37. The molecular weight excluding hydrogens is 330 g/mol. The van der Waals surface area contributed by atoms with Crippen molar-refractivity contribution in [2.75, 3.05) is 33.3 Å². The van der Waals surface area contributed by atoms with Gasteiger partial charge in [-0.25, -0.2) is 0 Å². The number of likely N-dealkylation sites (N-methyl/N-ethyl adjacent to an activating group) is 1. The van der Waals surface area contributed by atoms with Gasteiger partial charge in [-0.15, -0.1) is 0 Å². The first-order chi connectivity index (χ1) is 12.4. The Kier molecular flexibility index (Phi) is 5.03. The van der Waals surface area contributed by atoms with Gasteiger partial charge in [-0.3, -0.25) is 9.69 Å². The van der Waals surface area contributed by atoms with Gasteiger partial charge in [0.2, 0.25) is 5.91 Å². The van der Waals surface area contributed by atoms with Crippen LogP contribution >= 0.6 is 0 Å². The largest absolute Gasteiger partial charge is 0.483 e. The van der Waals surface area contributed by atoms with Crippen LogP contribution in [0.5, 0.6) is 5.75 Å². The van der Waals surface area contributed by atoms with E-state index in [4.69, 9.17) is 4.74 Å². The summed E-state index contributed by atoms with van der Waals surface area (Å²) in [6.07, 6.45) is 1.37. The van der Waals surface area contributed by atoms with Crippen LogP contribution in [0.25, 0.3) is 5.70 Å². The molecule has 1 aromatic carbocycles. The molecular formula is C20H25N3O3. The van der Waals surface area contributed by atoms with E-state index in [9.17, 15) is 15.2 Å². The van der Waals surface area contributed by atoms with E-state index >= 15 is 0 Å². The van der Waals surface area contributed by atoms with E-state index in [-0.39, 0.29) is 12.5 Å². The minimum atomic E-state index is -0.594. The highest BCUT2D eigenvalue weighted by molar-refractivity contribution is 5.91. The summed E-state index contributed by atoms with van der Waals surface area (Å²) in [5.74, 6) is 0.797. The van der Waals surface area contributed by atoms with E-state index in [1.54, 1.807) is 12.1 Å². The molecule has 6 nitrogen and oxygen atoms in total. The fourth-order valence-corrected chi connectivity index (χ4v) is 3.64. The van der Waals surface area contributed by atoms with Crippen molar-refractivity contribution in [1.29, 1.82) is 5.26 Å². The first kappa shape index (κ1) is 18.4. The normalized spacial score (nSPS) is 18.8. The SMILES string of the molecule is CN(CCO)CC1=C(N2CCCC2=O)c2cc(C#N)ccc2OC1(C)C. The average Bonchev–Trinajstić information content (AvgIpc) is 3.01. The number of hydrogen-bond acceptors (Lipinski definition) is 5. The average molecular weight is 355 g/mol. The number of aliphatic hydroxyl groups excluding tert-OH is 1. The van der Waals surface area contributed by atoms with Crippen molar-refractivity contribution in [3.05, 3.63) is 34.9 Å². The molecule has 0 aliphatic carbocycles. The number of nitriles is 1. The summed E-state index contributed by atoms with van der Waals surface area (Å²) in [6.45, 7) is 5.84. The van der Waals surface area contributed by atoms with Crippen LogP contribution in [-0.4, -0.2) is 59.7 Å². The first-order valence-electron chi connectivity index (χ1n) is 8.94. The smallest absolute Gasteiger partial charge is 0.227 e.